The van der Waals surface area contributed by atoms with Crippen LogP contribution in [0.3, 0.4) is 0 Å². The van der Waals surface area contributed by atoms with Crippen LogP contribution in [0.4, 0.5) is 10.2 Å². The molecular formula is C19H26FN5O3S. The molecule has 29 heavy (non-hydrogen) atoms. The van der Waals surface area contributed by atoms with Gasteiger partial charge in [-0.2, -0.15) is 4.31 Å². The molecule has 0 radical (unpaired) electrons. The zero-order valence-electron chi connectivity index (χ0n) is 16.3. The smallest absolute Gasteiger partial charge is 0.211 e. The lowest BCUT2D eigenvalue weighted by Crippen LogP contribution is -2.51. The van der Waals surface area contributed by atoms with Crippen LogP contribution in [0.1, 0.15) is 25.0 Å². The lowest BCUT2D eigenvalue weighted by Gasteiger charge is -2.35. The largest absolute Gasteiger partial charge is 0.390 e. The Morgan fingerprint density at radius 3 is 2.79 bits per heavy atom. The molecule has 158 valence electrons. The second-order valence-corrected chi connectivity index (χ2v) is 9.88. The number of alkyl halides is 1. The average molecular weight is 424 g/mol. The van der Waals surface area contributed by atoms with E-state index in [9.17, 15) is 13.5 Å². The fourth-order valence-corrected chi connectivity index (χ4v) is 4.98. The highest BCUT2D eigenvalue weighted by molar-refractivity contribution is 7.88. The number of sulfonamides is 1. The Bertz CT molecular complexity index is 997. The number of aliphatic hydroxyl groups excluding tert-OH is 1. The lowest BCUT2D eigenvalue weighted by atomic mass is 9.88. The molecule has 0 unspecified atom stereocenters. The highest BCUT2D eigenvalue weighted by Crippen LogP contribution is 2.38. The zero-order chi connectivity index (χ0) is 20.6. The highest BCUT2D eigenvalue weighted by atomic mass is 32.2. The van der Waals surface area contributed by atoms with Gasteiger partial charge in [0.1, 0.15) is 5.82 Å². The number of aliphatic hydroxyl groups is 1. The van der Waals surface area contributed by atoms with Crippen LogP contribution < -0.4 is 10.6 Å². The van der Waals surface area contributed by atoms with Crippen LogP contribution in [-0.4, -0.2) is 72.4 Å². The Labute approximate surface area is 169 Å². The topological polar surface area (TPSA) is 107 Å². The second kappa shape index (κ2) is 7.75. The molecule has 2 aliphatic rings. The number of halogens is 1. The summed E-state index contributed by atoms with van der Waals surface area (Å²) in [6.45, 7) is 1.58. The van der Waals surface area contributed by atoms with Crippen LogP contribution in [0.5, 0.6) is 0 Å². The summed E-state index contributed by atoms with van der Waals surface area (Å²) in [4.78, 5) is 8.76. The van der Waals surface area contributed by atoms with E-state index in [1.165, 1.54) is 4.31 Å². The van der Waals surface area contributed by atoms with Crippen molar-refractivity contribution in [3.8, 4) is 0 Å². The van der Waals surface area contributed by atoms with Crippen molar-refractivity contribution in [2.24, 2.45) is 0 Å². The molecule has 0 spiro atoms. The maximum atomic E-state index is 15.6. The number of hydrogen-bond acceptors (Lipinski definition) is 7. The molecule has 0 aliphatic carbocycles. The van der Waals surface area contributed by atoms with E-state index in [2.05, 4.69) is 20.6 Å². The average Bonchev–Trinajstić information content (AvgIpc) is 2.69. The number of fused-ring (bicyclic) bond motifs is 1. The normalized spacial score (nSPS) is 25.8. The first-order valence-corrected chi connectivity index (χ1v) is 11.7. The number of anilines is 1. The molecule has 0 bridgehead atoms. The SMILES string of the molecule is CS(=O)(=O)N1CC[C@@H](Nc2cc3c(C4(F)CCNCC4)nccc3cn2)[C@H](O)C1. The van der Waals surface area contributed by atoms with Crippen molar-refractivity contribution < 1.29 is 17.9 Å². The Morgan fingerprint density at radius 1 is 1.34 bits per heavy atom. The van der Waals surface area contributed by atoms with Crippen molar-refractivity contribution in [1.29, 1.82) is 0 Å². The van der Waals surface area contributed by atoms with Crippen LogP contribution in [-0.2, 0) is 15.7 Å². The summed E-state index contributed by atoms with van der Waals surface area (Å²) in [5.74, 6) is 0.515. The van der Waals surface area contributed by atoms with Gasteiger partial charge in [0.2, 0.25) is 10.0 Å². The van der Waals surface area contributed by atoms with Crippen LogP contribution in [0.2, 0.25) is 0 Å². The second-order valence-electron chi connectivity index (χ2n) is 7.89. The molecule has 3 N–H and O–H groups in total. The van der Waals surface area contributed by atoms with E-state index in [4.69, 9.17) is 0 Å². The summed E-state index contributed by atoms with van der Waals surface area (Å²) in [6, 6.07) is 3.24. The molecule has 8 nitrogen and oxygen atoms in total. The number of β-amino-alcohol motifs (C(OH)–C–C–N with tert-alkyl or cyclic N) is 1. The van der Waals surface area contributed by atoms with Crippen LogP contribution in [0.15, 0.2) is 24.5 Å². The number of aromatic nitrogens is 2. The summed E-state index contributed by atoms with van der Waals surface area (Å²) < 4.78 is 40.3. The van der Waals surface area contributed by atoms with Crippen LogP contribution in [0.25, 0.3) is 10.8 Å². The molecular weight excluding hydrogens is 397 g/mol. The van der Waals surface area contributed by atoms with E-state index in [0.29, 0.717) is 55.8 Å². The minimum absolute atomic E-state index is 0.0392. The van der Waals surface area contributed by atoms with Crippen LogP contribution >= 0.6 is 0 Å². The summed E-state index contributed by atoms with van der Waals surface area (Å²) in [5, 5.41) is 18.3. The number of nitrogens with zero attached hydrogens (tertiary/aromatic N) is 3. The maximum absolute atomic E-state index is 15.6. The third-order valence-corrected chi connectivity index (χ3v) is 7.08. The lowest BCUT2D eigenvalue weighted by molar-refractivity contribution is 0.0952. The molecule has 2 atom stereocenters. The minimum Gasteiger partial charge on any atom is -0.390 e. The summed E-state index contributed by atoms with van der Waals surface area (Å²) in [5.41, 5.74) is -1.06. The zero-order valence-corrected chi connectivity index (χ0v) is 17.1. The Kier molecular flexibility index (Phi) is 5.45. The van der Waals surface area contributed by atoms with Crippen molar-refractivity contribution in [3.05, 3.63) is 30.2 Å². The summed E-state index contributed by atoms with van der Waals surface area (Å²) >= 11 is 0. The van der Waals surface area contributed by atoms with Gasteiger partial charge in [-0.15, -0.1) is 0 Å². The predicted molar refractivity (Wildman–Crippen MR) is 109 cm³/mol. The molecule has 10 heteroatoms. The van der Waals surface area contributed by atoms with Gasteiger partial charge in [0.15, 0.2) is 5.67 Å². The van der Waals surface area contributed by atoms with E-state index >= 15 is 4.39 Å². The predicted octanol–water partition coefficient (Wildman–Crippen LogP) is 0.985. The molecule has 4 rings (SSSR count). The first-order valence-electron chi connectivity index (χ1n) is 9.81. The molecule has 0 amide bonds. The third kappa shape index (κ3) is 4.20. The van der Waals surface area contributed by atoms with Crippen molar-refractivity contribution in [2.75, 3.05) is 37.8 Å². The Morgan fingerprint density at radius 2 is 2.10 bits per heavy atom. The van der Waals surface area contributed by atoms with Gasteiger partial charge >= 0.3 is 0 Å². The summed E-state index contributed by atoms with van der Waals surface area (Å²) in [6.07, 6.45) is 4.75. The van der Waals surface area contributed by atoms with Gasteiger partial charge in [0.25, 0.3) is 0 Å². The maximum Gasteiger partial charge on any atom is 0.211 e. The molecule has 0 saturated carbocycles. The first kappa shape index (κ1) is 20.4. The van der Waals surface area contributed by atoms with Gasteiger partial charge in [0.05, 0.1) is 24.1 Å². The van der Waals surface area contributed by atoms with Crippen LogP contribution in [0, 0.1) is 0 Å². The van der Waals surface area contributed by atoms with Gasteiger partial charge in [-0.3, -0.25) is 4.98 Å². The standard InChI is InChI=1S/C19H26FN5O3S/c1-29(27,28)25-9-3-15(16(26)12-25)24-17-10-14-13(11-23-17)2-6-22-18(14)19(20)4-7-21-8-5-19/h2,6,10-11,15-16,21,26H,3-5,7-9,12H2,1H3,(H,23,24)/t15-,16-/m1/s1. The van der Waals surface area contributed by atoms with E-state index in [1.807, 2.05) is 0 Å². The third-order valence-electron chi connectivity index (χ3n) is 5.82. The molecule has 2 aromatic rings. The molecule has 2 aromatic heterocycles. The monoisotopic (exact) mass is 423 g/mol. The number of rotatable bonds is 4. The number of piperidine rings is 2. The van der Waals surface area contributed by atoms with Gasteiger partial charge < -0.3 is 15.7 Å². The minimum atomic E-state index is -3.33. The first-order chi connectivity index (χ1) is 13.8. The molecule has 2 fully saturated rings. The van der Waals surface area contributed by atoms with E-state index in [1.54, 1.807) is 24.5 Å². The molecule has 2 aliphatic heterocycles. The molecule has 4 heterocycles. The number of hydrogen-bond donors (Lipinski definition) is 3. The number of pyridine rings is 2. The number of nitrogens with one attached hydrogen (secondary N) is 2. The fourth-order valence-electron chi connectivity index (χ4n) is 4.12. The van der Waals surface area contributed by atoms with E-state index in [-0.39, 0.29) is 12.6 Å². The van der Waals surface area contributed by atoms with Crippen molar-refractivity contribution >= 4 is 26.6 Å². The van der Waals surface area contributed by atoms with Crippen molar-refractivity contribution in [1.82, 2.24) is 19.6 Å². The Hall–Kier alpha value is -1.88. The molecule has 2 saturated heterocycles. The van der Waals surface area contributed by atoms with Crippen molar-refractivity contribution in [3.63, 3.8) is 0 Å². The quantitative estimate of drug-likeness (QED) is 0.673. The van der Waals surface area contributed by atoms with E-state index in [0.717, 1.165) is 11.6 Å². The van der Waals surface area contributed by atoms with E-state index < -0.39 is 21.8 Å². The Balaban J connectivity index is 1.59. The van der Waals surface area contributed by atoms with Crippen molar-refractivity contribution in [2.45, 2.75) is 37.1 Å². The van der Waals surface area contributed by atoms with Gasteiger partial charge in [-0.1, -0.05) is 0 Å². The fraction of sp³-hybridized carbons (Fsp3) is 0.579. The van der Waals surface area contributed by atoms with Gasteiger partial charge in [-0.05, 0) is 44.5 Å². The summed E-state index contributed by atoms with van der Waals surface area (Å²) in [7, 11) is -3.33. The molecule has 0 aromatic carbocycles. The highest BCUT2D eigenvalue weighted by Gasteiger charge is 2.37. The van der Waals surface area contributed by atoms with Gasteiger partial charge in [0, 0.05) is 36.3 Å². The van der Waals surface area contributed by atoms with Gasteiger partial charge in [-0.25, -0.2) is 17.8 Å².